The van der Waals surface area contributed by atoms with Crippen molar-refractivity contribution in [2.45, 2.75) is 6.42 Å². The Morgan fingerprint density at radius 1 is 1.07 bits per heavy atom. The second kappa shape index (κ2) is 7.61. The molecule has 142 valence electrons. The zero-order chi connectivity index (χ0) is 19.6. The largest absolute Gasteiger partial charge is 0.307 e. The highest BCUT2D eigenvalue weighted by atomic mass is 32.2. The Morgan fingerprint density at radius 3 is 2.64 bits per heavy atom. The maximum atomic E-state index is 12.7. The first-order valence-corrected chi connectivity index (χ1v) is 11.2. The first-order valence-electron chi connectivity index (χ1n) is 8.76. The fraction of sp³-hybridized carbons (Fsp3) is 0.0952. The van der Waals surface area contributed by atoms with Crippen molar-refractivity contribution >= 4 is 44.7 Å². The van der Waals surface area contributed by atoms with Crippen LogP contribution in [-0.2, 0) is 16.4 Å². The Labute approximate surface area is 168 Å². The lowest BCUT2D eigenvalue weighted by Gasteiger charge is -2.17. The Morgan fingerprint density at radius 2 is 1.89 bits per heavy atom. The van der Waals surface area contributed by atoms with Gasteiger partial charge >= 0.3 is 0 Å². The molecule has 3 aromatic rings. The fourth-order valence-electron chi connectivity index (χ4n) is 3.12. The van der Waals surface area contributed by atoms with Gasteiger partial charge in [-0.3, -0.25) is 9.52 Å². The number of thiophene rings is 1. The molecule has 7 heteroatoms. The topological polar surface area (TPSA) is 66.5 Å². The van der Waals surface area contributed by atoms with Crippen LogP contribution in [0.3, 0.4) is 0 Å². The molecule has 4 rings (SSSR count). The molecule has 28 heavy (non-hydrogen) atoms. The average molecular weight is 411 g/mol. The normalized spacial score (nSPS) is 13.6. The summed E-state index contributed by atoms with van der Waals surface area (Å²) in [7, 11) is -3.66. The van der Waals surface area contributed by atoms with Crippen LogP contribution < -0.4 is 9.62 Å². The fourth-order valence-corrected chi connectivity index (χ4v) is 4.65. The highest BCUT2D eigenvalue weighted by molar-refractivity contribution is 7.95. The van der Waals surface area contributed by atoms with Gasteiger partial charge in [-0.25, -0.2) is 8.42 Å². The number of benzene rings is 2. The third kappa shape index (κ3) is 4.00. The summed E-state index contributed by atoms with van der Waals surface area (Å²) >= 11 is 1.40. The second-order valence-corrected chi connectivity index (χ2v) is 8.90. The summed E-state index contributed by atoms with van der Waals surface area (Å²) in [5.41, 5.74) is 3.02. The number of nitrogens with one attached hydrogen (secondary N) is 1. The summed E-state index contributed by atoms with van der Waals surface area (Å²) < 4.78 is 27.4. The van der Waals surface area contributed by atoms with Gasteiger partial charge in [-0.15, -0.1) is 11.3 Å². The highest BCUT2D eigenvalue weighted by Gasteiger charge is 2.26. The molecule has 1 aromatic heterocycles. The molecule has 0 bridgehead atoms. The van der Waals surface area contributed by atoms with Gasteiger partial charge < -0.3 is 4.90 Å². The third-order valence-corrected chi connectivity index (χ3v) is 6.33. The van der Waals surface area contributed by atoms with E-state index in [2.05, 4.69) is 4.72 Å². The van der Waals surface area contributed by atoms with E-state index in [9.17, 15) is 13.2 Å². The van der Waals surface area contributed by atoms with Crippen LogP contribution in [0.1, 0.15) is 20.8 Å². The molecular weight excluding hydrogens is 392 g/mol. The molecule has 0 atom stereocenters. The van der Waals surface area contributed by atoms with E-state index in [1.54, 1.807) is 29.2 Å². The Kier molecular flexibility index (Phi) is 5.02. The lowest BCUT2D eigenvalue weighted by atomic mass is 10.1. The molecule has 0 fully saturated rings. The van der Waals surface area contributed by atoms with E-state index < -0.39 is 10.0 Å². The summed E-state index contributed by atoms with van der Waals surface area (Å²) in [5, 5.41) is 3.01. The zero-order valence-corrected chi connectivity index (χ0v) is 16.5. The Balaban J connectivity index is 1.55. The molecule has 2 aromatic carbocycles. The number of fused-ring (bicyclic) bond motifs is 1. The van der Waals surface area contributed by atoms with Crippen LogP contribution in [0.5, 0.6) is 0 Å². The Hall–Kier alpha value is -2.90. The first-order chi connectivity index (χ1) is 13.5. The average Bonchev–Trinajstić information content (AvgIpc) is 3.36. The predicted octanol–water partition coefficient (Wildman–Crippen LogP) is 4.36. The van der Waals surface area contributed by atoms with E-state index >= 15 is 0 Å². The van der Waals surface area contributed by atoms with Crippen LogP contribution in [0.15, 0.2) is 71.5 Å². The first kappa shape index (κ1) is 18.5. The van der Waals surface area contributed by atoms with Gasteiger partial charge in [0.2, 0.25) is 0 Å². The molecular formula is C21H18N2O3S2. The lowest BCUT2D eigenvalue weighted by molar-refractivity contribution is 0.0993. The third-order valence-electron chi connectivity index (χ3n) is 4.46. The van der Waals surface area contributed by atoms with Crippen molar-refractivity contribution in [2.24, 2.45) is 0 Å². The molecule has 0 spiro atoms. The molecule has 1 N–H and O–H groups in total. The maximum absolute atomic E-state index is 12.7. The molecule has 5 nitrogen and oxygen atoms in total. The number of rotatable bonds is 5. The number of sulfonamides is 1. The number of hydrogen-bond acceptors (Lipinski definition) is 4. The van der Waals surface area contributed by atoms with Gasteiger partial charge in [-0.05, 0) is 47.2 Å². The van der Waals surface area contributed by atoms with E-state index in [1.807, 2.05) is 47.8 Å². The number of carbonyl (C=O) groups is 1. The van der Waals surface area contributed by atoms with Crippen molar-refractivity contribution in [2.75, 3.05) is 16.2 Å². The number of hydrogen-bond donors (Lipinski definition) is 1. The predicted molar refractivity (Wildman–Crippen MR) is 114 cm³/mol. The number of carbonyl (C=O) groups excluding carboxylic acids is 1. The van der Waals surface area contributed by atoms with Crippen molar-refractivity contribution in [3.8, 4) is 0 Å². The highest BCUT2D eigenvalue weighted by Crippen LogP contribution is 2.33. The van der Waals surface area contributed by atoms with Crippen molar-refractivity contribution in [3.05, 3.63) is 87.5 Å². The molecule has 0 radical (unpaired) electrons. The molecule has 2 heterocycles. The van der Waals surface area contributed by atoms with Crippen LogP contribution in [-0.4, -0.2) is 20.9 Å². The molecule has 0 saturated carbocycles. The SMILES string of the molecule is O=C(c1cccs1)N1CCc2ccc(NS(=O)(=O)/C=C/c3ccccc3)cc21. The quantitative estimate of drug-likeness (QED) is 0.679. The molecule has 1 aliphatic rings. The van der Waals surface area contributed by atoms with Gasteiger partial charge in [-0.1, -0.05) is 42.5 Å². The van der Waals surface area contributed by atoms with E-state index in [-0.39, 0.29) is 5.91 Å². The van der Waals surface area contributed by atoms with Crippen molar-refractivity contribution in [1.82, 2.24) is 0 Å². The monoisotopic (exact) mass is 410 g/mol. The minimum Gasteiger partial charge on any atom is -0.307 e. The Bertz CT molecular complexity index is 1120. The van der Waals surface area contributed by atoms with Crippen molar-refractivity contribution in [3.63, 3.8) is 0 Å². The van der Waals surface area contributed by atoms with Crippen LogP contribution in [0.4, 0.5) is 11.4 Å². The molecule has 0 saturated heterocycles. The van der Waals surface area contributed by atoms with Gasteiger partial charge in [0.05, 0.1) is 16.0 Å². The van der Waals surface area contributed by atoms with Gasteiger partial charge in [0.15, 0.2) is 0 Å². The minimum absolute atomic E-state index is 0.0577. The van der Waals surface area contributed by atoms with Gasteiger partial charge in [-0.2, -0.15) is 0 Å². The summed E-state index contributed by atoms with van der Waals surface area (Å²) in [5.74, 6) is -0.0577. The van der Waals surface area contributed by atoms with Crippen LogP contribution in [0.25, 0.3) is 6.08 Å². The molecule has 1 amide bonds. The van der Waals surface area contributed by atoms with E-state index in [1.165, 1.54) is 11.3 Å². The van der Waals surface area contributed by atoms with Crippen LogP contribution >= 0.6 is 11.3 Å². The lowest BCUT2D eigenvalue weighted by Crippen LogP contribution is -2.28. The summed E-state index contributed by atoms with van der Waals surface area (Å²) in [6, 6.07) is 18.2. The van der Waals surface area contributed by atoms with E-state index in [0.717, 1.165) is 28.6 Å². The molecule has 1 aliphatic heterocycles. The van der Waals surface area contributed by atoms with Gasteiger partial charge in [0, 0.05) is 12.2 Å². The van der Waals surface area contributed by atoms with Crippen molar-refractivity contribution in [1.29, 1.82) is 0 Å². The number of anilines is 2. The summed E-state index contributed by atoms with van der Waals surface area (Å²) in [6.45, 7) is 0.593. The van der Waals surface area contributed by atoms with Crippen LogP contribution in [0, 0.1) is 0 Å². The number of amides is 1. The van der Waals surface area contributed by atoms with Crippen LogP contribution in [0.2, 0.25) is 0 Å². The second-order valence-electron chi connectivity index (χ2n) is 6.39. The standard InChI is InChI=1S/C21H18N2O3S2/c24-21(20-7-4-13-27-20)23-12-10-17-8-9-18(15-19(17)23)22-28(25,26)14-11-16-5-2-1-3-6-16/h1-9,11,13-15,22H,10,12H2/b14-11+. The minimum atomic E-state index is -3.66. The van der Waals surface area contributed by atoms with Gasteiger partial charge in [0.1, 0.15) is 0 Å². The maximum Gasteiger partial charge on any atom is 0.268 e. The summed E-state index contributed by atoms with van der Waals surface area (Å²) in [4.78, 5) is 15.1. The molecule has 0 aliphatic carbocycles. The van der Waals surface area contributed by atoms with Crippen molar-refractivity contribution < 1.29 is 13.2 Å². The van der Waals surface area contributed by atoms with E-state index in [0.29, 0.717) is 17.1 Å². The zero-order valence-electron chi connectivity index (χ0n) is 14.9. The molecule has 0 unspecified atom stereocenters. The summed E-state index contributed by atoms with van der Waals surface area (Å²) in [6.07, 6.45) is 2.30. The smallest absolute Gasteiger partial charge is 0.268 e. The number of nitrogens with zero attached hydrogens (tertiary/aromatic N) is 1. The van der Waals surface area contributed by atoms with E-state index in [4.69, 9.17) is 0 Å². The van der Waals surface area contributed by atoms with Gasteiger partial charge in [0.25, 0.3) is 15.9 Å².